The van der Waals surface area contributed by atoms with E-state index in [0.29, 0.717) is 16.3 Å². The summed E-state index contributed by atoms with van der Waals surface area (Å²) in [5, 5.41) is 6.05. The second kappa shape index (κ2) is 10.6. The normalized spacial score (nSPS) is 11.3. The van der Waals surface area contributed by atoms with Crippen molar-refractivity contribution in [3.05, 3.63) is 34.7 Å². The molecule has 170 valence electrons. The molecule has 2 N–H and O–H groups in total. The number of thiophene rings is 1. The maximum absolute atomic E-state index is 12.5. The number of anilines is 2. The number of amides is 1. The highest BCUT2D eigenvalue weighted by Crippen LogP contribution is 2.30. The summed E-state index contributed by atoms with van der Waals surface area (Å²) < 4.78 is 36.3. The van der Waals surface area contributed by atoms with Gasteiger partial charge >= 0.3 is 5.97 Å². The Hall–Kier alpha value is -2.63. The van der Waals surface area contributed by atoms with E-state index in [0.717, 1.165) is 15.6 Å². The summed E-state index contributed by atoms with van der Waals surface area (Å²) >= 11 is 1.32. The van der Waals surface area contributed by atoms with Crippen LogP contribution >= 0.6 is 11.3 Å². The summed E-state index contributed by atoms with van der Waals surface area (Å²) in [6.07, 6.45) is 0.722. The first-order chi connectivity index (χ1) is 14.6. The lowest BCUT2D eigenvalue weighted by molar-refractivity contribution is -0.114. The van der Waals surface area contributed by atoms with Crippen molar-refractivity contribution in [2.24, 2.45) is 0 Å². The molecule has 2 rings (SSSR count). The van der Waals surface area contributed by atoms with Crippen molar-refractivity contribution in [1.82, 2.24) is 4.31 Å². The summed E-state index contributed by atoms with van der Waals surface area (Å²) in [6, 6.07) is 6.26. The summed E-state index contributed by atoms with van der Waals surface area (Å²) in [4.78, 5) is 25.5. The van der Waals surface area contributed by atoms with Gasteiger partial charge in [0.05, 0.1) is 25.8 Å². The molecule has 0 atom stereocenters. The highest BCUT2D eigenvalue weighted by molar-refractivity contribution is 7.89. The molecule has 0 aliphatic carbocycles. The standard InChI is InChI=1S/C20H27N3O6S2/c1-6-14-11-15(20(25)29-7-2)19(30-14)22-18(24)12-21-13-8-9-16(28-5)17(10-13)31(26,27)23(3)4/h8-11,21H,6-7,12H2,1-5H3,(H,22,24). The molecule has 11 heteroatoms. The number of sulfonamides is 1. The zero-order valence-corrected chi connectivity index (χ0v) is 19.8. The van der Waals surface area contributed by atoms with Gasteiger partial charge in [-0.25, -0.2) is 17.5 Å². The molecule has 0 fully saturated rings. The minimum absolute atomic E-state index is 0.0131. The monoisotopic (exact) mass is 469 g/mol. The van der Waals surface area contributed by atoms with Gasteiger partial charge in [-0.2, -0.15) is 0 Å². The lowest BCUT2D eigenvalue weighted by Crippen LogP contribution is -2.24. The average molecular weight is 470 g/mol. The quantitative estimate of drug-likeness (QED) is 0.514. The number of hydrogen-bond donors (Lipinski definition) is 2. The number of carbonyl (C=O) groups is 2. The highest BCUT2D eigenvalue weighted by atomic mass is 32.2. The van der Waals surface area contributed by atoms with Crippen LogP contribution in [0.1, 0.15) is 29.1 Å². The fraction of sp³-hybridized carbons (Fsp3) is 0.400. The van der Waals surface area contributed by atoms with Crippen molar-refractivity contribution >= 4 is 43.9 Å². The zero-order chi connectivity index (χ0) is 23.2. The topological polar surface area (TPSA) is 114 Å². The smallest absolute Gasteiger partial charge is 0.341 e. The van der Waals surface area contributed by atoms with Crippen molar-refractivity contribution in [2.45, 2.75) is 25.2 Å². The Bertz CT molecular complexity index is 1050. The molecular formula is C20H27N3O6S2. The Labute approximate surface area is 186 Å². The third-order valence-electron chi connectivity index (χ3n) is 4.26. The van der Waals surface area contributed by atoms with Crippen LogP contribution in [0.2, 0.25) is 0 Å². The Morgan fingerprint density at radius 3 is 2.45 bits per heavy atom. The van der Waals surface area contributed by atoms with E-state index in [9.17, 15) is 18.0 Å². The van der Waals surface area contributed by atoms with E-state index in [1.54, 1.807) is 19.1 Å². The molecule has 1 aromatic heterocycles. The number of carbonyl (C=O) groups excluding carboxylic acids is 2. The van der Waals surface area contributed by atoms with Gasteiger partial charge in [0.25, 0.3) is 0 Å². The third-order valence-corrected chi connectivity index (χ3v) is 7.29. The lowest BCUT2D eigenvalue weighted by atomic mass is 10.2. The highest BCUT2D eigenvalue weighted by Gasteiger charge is 2.23. The number of benzene rings is 1. The first kappa shape index (κ1) is 24.6. The van der Waals surface area contributed by atoms with E-state index in [1.165, 1.54) is 44.7 Å². The summed E-state index contributed by atoms with van der Waals surface area (Å²) in [7, 11) is 0.505. The number of hydrogen-bond acceptors (Lipinski definition) is 8. The molecule has 0 aliphatic heterocycles. The molecular weight excluding hydrogens is 442 g/mol. The molecule has 31 heavy (non-hydrogen) atoms. The molecule has 0 bridgehead atoms. The van der Waals surface area contributed by atoms with Gasteiger partial charge in [0.15, 0.2) is 0 Å². The lowest BCUT2D eigenvalue weighted by Gasteiger charge is -2.16. The first-order valence-corrected chi connectivity index (χ1v) is 11.8. The summed E-state index contributed by atoms with van der Waals surface area (Å²) in [6.45, 7) is 3.78. The van der Waals surface area contributed by atoms with Crippen LogP contribution in [0, 0.1) is 0 Å². The second-order valence-corrected chi connectivity index (χ2v) is 9.84. The molecule has 1 amide bonds. The molecule has 2 aromatic rings. The van der Waals surface area contributed by atoms with Crippen molar-refractivity contribution < 1.29 is 27.5 Å². The number of nitrogens with one attached hydrogen (secondary N) is 2. The van der Waals surface area contributed by atoms with Crippen molar-refractivity contribution in [2.75, 3.05) is 45.0 Å². The van der Waals surface area contributed by atoms with Gasteiger partial charge in [0.2, 0.25) is 15.9 Å². The van der Waals surface area contributed by atoms with E-state index in [-0.39, 0.29) is 29.7 Å². The van der Waals surface area contributed by atoms with Gasteiger partial charge in [-0.05, 0) is 37.6 Å². The largest absolute Gasteiger partial charge is 0.495 e. The summed E-state index contributed by atoms with van der Waals surface area (Å²) in [5.74, 6) is -0.674. The fourth-order valence-electron chi connectivity index (χ4n) is 2.61. The van der Waals surface area contributed by atoms with Crippen LogP contribution in [0.5, 0.6) is 5.75 Å². The van der Waals surface area contributed by atoms with Crippen molar-refractivity contribution in [1.29, 1.82) is 0 Å². The number of aryl methyl sites for hydroxylation is 1. The van der Waals surface area contributed by atoms with Crippen LogP contribution in [0.15, 0.2) is 29.2 Å². The molecule has 1 heterocycles. The van der Waals surface area contributed by atoms with Gasteiger partial charge in [-0.1, -0.05) is 6.92 Å². The van der Waals surface area contributed by atoms with Crippen LogP contribution < -0.4 is 15.4 Å². The maximum Gasteiger partial charge on any atom is 0.341 e. The van der Waals surface area contributed by atoms with Gasteiger partial charge < -0.3 is 20.1 Å². The number of ether oxygens (including phenoxy) is 2. The minimum Gasteiger partial charge on any atom is -0.495 e. The third kappa shape index (κ3) is 5.96. The van der Waals surface area contributed by atoms with E-state index in [1.807, 2.05) is 6.92 Å². The average Bonchev–Trinajstić information content (AvgIpc) is 3.15. The van der Waals surface area contributed by atoms with Gasteiger partial charge in [-0.3, -0.25) is 4.79 Å². The Morgan fingerprint density at radius 1 is 1.16 bits per heavy atom. The minimum atomic E-state index is -3.73. The molecule has 0 aliphatic rings. The molecule has 0 saturated carbocycles. The fourth-order valence-corrected chi connectivity index (χ4v) is 4.68. The predicted molar refractivity (Wildman–Crippen MR) is 121 cm³/mol. The molecule has 0 radical (unpaired) electrons. The van der Waals surface area contributed by atoms with Gasteiger partial charge in [-0.15, -0.1) is 11.3 Å². The molecule has 1 aromatic carbocycles. The van der Waals surface area contributed by atoms with Crippen molar-refractivity contribution in [3.8, 4) is 5.75 Å². The van der Waals surface area contributed by atoms with E-state index in [4.69, 9.17) is 9.47 Å². The number of esters is 1. The SMILES string of the molecule is CCOC(=O)c1cc(CC)sc1NC(=O)CNc1ccc(OC)c(S(=O)(=O)N(C)C)c1. The van der Waals surface area contributed by atoms with Gasteiger partial charge in [0.1, 0.15) is 15.6 Å². The first-order valence-electron chi connectivity index (χ1n) is 9.58. The summed E-state index contributed by atoms with van der Waals surface area (Å²) in [5.41, 5.74) is 0.753. The molecule has 0 saturated heterocycles. The second-order valence-electron chi connectivity index (χ2n) is 6.58. The molecule has 9 nitrogen and oxygen atoms in total. The molecule has 0 unspecified atom stereocenters. The van der Waals surface area contributed by atoms with E-state index in [2.05, 4.69) is 10.6 Å². The van der Waals surface area contributed by atoms with E-state index >= 15 is 0 Å². The van der Waals surface area contributed by atoms with Crippen LogP contribution in [-0.4, -0.2) is 59.0 Å². The zero-order valence-electron chi connectivity index (χ0n) is 18.1. The van der Waals surface area contributed by atoms with Crippen LogP contribution in [0.4, 0.5) is 10.7 Å². The molecule has 0 spiro atoms. The van der Waals surface area contributed by atoms with Gasteiger partial charge in [0, 0.05) is 24.7 Å². The Kier molecular flexibility index (Phi) is 8.43. The number of methoxy groups -OCH3 is 1. The Morgan fingerprint density at radius 2 is 1.87 bits per heavy atom. The van der Waals surface area contributed by atoms with E-state index < -0.39 is 16.0 Å². The predicted octanol–water partition coefficient (Wildman–Crippen LogP) is 2.80. The van der Waals surface area contributed by atoms with Crippen LogP contribution in [-0.2, 0) is 26.0 Å². The number of rotatable bonds is 10. The number of nitrogens with zero attached hydrogens (tertiary/aromatic N) is 1. The van der Waals surface area contributed by atoms with Crippen molar-refractivity contribution in [3.63, 3.8) is 0 Å². The maximum atomic E-state index is 12.5. The van der Waals surface area contributed by atoms with Crippen LogP contribution in [0.25, 0.3) is 0 Å². The Balaban J connectivity index is 2.15. The van der Waals surface area contributed by atoms with Crippen LogP contribution in [0.3, 0.4) is 0 Å².